The van der Waals surface area contributed by atoms with Crippen LogP contribution in [-0.4, -0.2) is 13.1 Å². The van der Waals surface area contributed by atoms with E-state index in [1.165, 1.54) is 7.11 Å². The van der Waals surface area contributed by atoms with Crippen LogP contribution in [0.5, 0.6) is 0 Å². The van der Waals surface area contributed by atoms with Crippen molar-refractivity contribution in [1.29, 1.82) is 5.26 Å². The van der Waals surface area contributed by atoms with E-state index in [1.807, 2.05) is 6.07 Å². The Morgan fingerprint density at radius 2 is 2.25 bits per heavy atom. The molecule has 0 aliphatic rings. The van der Waals surface area contributed by atoms with E-state index in [0.29, 0.717) is 21.7 Å². The van der Waals surface area contributed by atoms with Crippen LogP contribution in [0.4, 0.5) is 0 Å². The SMILES string of the molecule is COC(=O)Cc1cc(Cl)c(C#N)c(CCl)c1. The number of hydrogen-bond donors (Lipinski definition) is 0. The Balaban J connectivity index is 3.11. The van der Waals surface area contributed by atoms with Crippen molar-refractivity contribution in [3.63, 3.8) is 0 Å². The van der Waals surface area contributed by atoms with Crippen LogP contribution in [0.25, 0.3) is 0 Å². The molecule has 0 radical (unpaired) electrons. The van der Waals surface area contributed by atoms with Gasteiger partial charge in [0, 0.05) is 5.88 Å². The first-order chi connectivity index (χ1) is 7.62. The summed E-state index contributed by atoms with van der Waals surface area (Å²) in [6.45, 7) is 0. The molecule has 0 saturated heterocycles. The van der Waals surface area contributed by atoms with E-state index < -0.39 is 0 Å². The van der Waals surface area contributed by atoms with Crippen molar-refractivity contribution in [2.24, 2.45) is 0 Å². The third-order valence-electron chi connectivity index (χ3n) is 2.06. The highest BCUT2D eigenvalue weighted by molar-refractivity contribution is 6.32. The highest BCUT2D eigenvalue weighted by Crippen LogP contribution is 2.23. The summed E-state index contributed by atoms with van der Waals surface area (Å²) in [4.78, 5) is 11.1. The summed E-state index contributed by atoms with van der Waals surface area (Å²) < 4.78 is 4.54. The Labute approximate surface area is 104 Å². The van der Waals surface area contributed by atoms with Crippen molar-refractivity contribution < 1.29 is 9.53 Å². The number of hydrogen-bond acceptors (Lipinski definition) is 3. The van der Waals surface area contributed by atoms with Crippen LogP contribution in [0.3, 0.4) is 0 Å². The van der Waals surface area contributed by atoms with Gasteiger partial charge in [-0.3, -0.25) is 4.79 Å². The van der Waals surface area contributed by atoms with Crippen molar-refractivity contribution in [3.8, 4) is 6.07 Å². The second-order valence-electron chi connectivity index (χ2n) is 3.11. The topological polar surface area (TPSA) is 50.1 Å². The number of rotatable bonds is 3. The molecule has 0 saturated carbocycles. The Bertz CT molecular complexity index is 452. The van der Waals surface area contributed by atoms with Gasteiger partial charge in [0.05, 0.1) is 24.1 Å². The molecular weight excluding hydrogens is 249 g/mol. The third kappa shape index (κ3) is 2.88. The van der Waals surface area contributed by atoms with Crippen molar-refractivity contribution in [3.05, 3.63) is 33.8 Å². The first-order valence-electron chi connectivity index (χ1n) is 4.46. The second kappa shape index (κ2) is 5.74. The Hall–Kier alpha value is -1.24. The van der Waals surface area contributed by atoms with Gasteiger partial charge in [-0.15, -0.1) is 11.6 Å². The molecule has 0 unspecified atom stereocenters. The standard InChI is InChI=1S/C11H9Cl2NO2/c1-16-11(15)4-7-2-8(5-12)9(6-14)10(13)3-7/h2-3H,4-5H2,1H3. The average Bonchev–Trinajstić information content (AvgIpc) is 2.28. The minimum atomic E-state index is -0.360. The zero-order valence-electron chi connectivity index (χ0n) is 8.59. The second-order valence-corrected chi connectivity index (χ2v) is 3.78. The number of ether oxygens (including phenoxy) is 1. The number of nitrogens with zero attached hydrogens (tertiary/aromatic N) is 1. The number of carbonyl (C=O) groups excluding carboxylic acids is 1. The zero-order chi connectivity index (χ0) is 12.1. The molecule has 3 nitrogen and oxygen atoms in total. The lowest BCUT2D eigenvalue weighted by Crippen LogP contribution is -2.05. The van der Waals surface area contributed by atoms with Crippen molar-refractivity contribution >= 4 is 29.2 Å². The molecule has 84 valence electrons. The molecule has 5 heteroatoms. The lowest BCUT2D eigenvalue weighted by Gasteiger charge is -2.06. The summed E-state index contributed by atoms with van der Waals surface area (Å²) in [6.07, 6.45) is 0.117. The van der Waals surface area contributed by atoms with Crippen LogP contribution in [0.15, 0.2) is 12.1 Å². The van der Waals surface area contributed by atoms with Gasteiger partial charge in [-0.25, -0.2) is 0 Å². The summed E-state index contributed by atoms with van der Waals surface area (Å²) in [5.41, 5.74) is 1.66. The molecule has 0 amide bonds. The highest BCUT2D eigenvalue weighted by Gasteiger charge is 2.11. The maximum atomic E-state index is 11.1. The number of benzene rings is 1. The molecule has 0 atom stereocenters. The van der Waals surface area contributed by atoms with Gasteiger partial charge in [-0.2, -0.15) is 5.26 Å². The lowest BCUT2D eigenvalue weighted by atomic mass is 10.0. The Morgan fingerprint density at radius 3 is 2.75 bits per heavy atom. The van der Waals surface area contributed by atoms with E-state index in [-0.39, 0.29) is 18.3 Å². The molecule has 1 rings (SSSR count). The van der Waals surface area contributed by atoms with Crippen LogP contribution in [0, 0.1) is 11.3 Å². The molecule has 0 spiro atoms. The number of esters is 1. The molecule has 0 N–H and O–H groups in total. The molecular formula is C11H9Cl2NO2. The summed E-state index contributed by atoms with van der Waals surface area (Å²) in [7, 11) is 1.32. The lowest BCUT2D eigenvalue weighted by molar-refractivity contribution is -0.139. The van der Waals surface area contributed by atoms with Crippen molar-refractivity contribution in [2.45, 2.75) is 12.3 Å². The van der Waals surface area contributed by atoms with Crippen LogP contribution < -0.4 is 0 Å². The fourth-order valence-corrected chi connectivity index (χ4v) is 1.81. The number of halogens is 2. The third-order valence-corrected chi connectivity index (χ3v) is 2.65. The number of nitriles is 1. The van der Waals surface area contributed by atoms with Gasteiger partial charge in [-0.05, 0) is 17.2 Å². The maximum Gasteiger partial charge on any atom is 0.309 e. The minimum absolute atomic E-state index is 0.117. The fourth-order valence-electron chi connectivity index (χ4n) is 1.30. The zero-order valence-corrected chi connectivity index (χ0v) is 10.1. The quantitative estimate of drug-likeness (QED) is 0.618. The van der Waals surface area contributed by atoms with Crippen molar-refractivity contribution in [2.75, 3.05) is 7.11 Å². The van der Waals surface area contributed by atoms with E-state index in [9.17, 15) is 4.79 Å². The molecule has 1 aromatic rings. The van der Waals surface area contributed by atoms with Gasteiger partial charge >= 0.3 is 5.97 Å². The van der Waals surface area contributed by atoms with Gasteiger partial charge < -0.3 is 4.74 Å². The Morgan fingerprint density at radius 1 is 1.56 bits per heavy atom. The molecule has 0 aliphatic carbocycles. The predicted octanol–water partition coefficient (Wildman–Crippen LogP) is 2.67. The van der Waals surface area contributed by atoms with Crippen LogP contribution in [0.1, 0.15) is 16.7 Å². The maximum absolute atomic E-state index is 11.1. The molecule has 0 fully saturated rings. The van der Waals surface area contributed by atoms with Gasteiger partial charge in [0.1, 0.15) is 6.07 Å². The summed E-state index contributed by atoms with van der Waals surface area (Å²) in [5.74, 6) is -0.182. The Kier molecular flexibility index (Phi) is 4.60. The van der Waals surface area contributed by atoms with Gasteiger partial charge in [0.15, 0.2) is 0 Å². The van der Waals surface area contributed by atoms with Gasteiger partial charge in [0.2, 0.25) is 0 Å². The van der Waals surface area contributed by atoms with E-state index in [1.54, 1.807) is 12.1 Å². The van der Waals surface area contributed by atoms with E-state index in [2.05, 4.69) is 4.74 Å². The first-order valence-corrected chi connectivity index (χ1v) is 5.37. The number of alkyl halides is 1. The molecule has 16 heavy (non-hydrogen) atoms. The summed E-state index contributed by atoms with van der Waals surface area (Å²) in [6, 6.07) is 5.24. The number of methoxy groups -OCH3 is 1. The molecule has 1 aromatic carbocycles. The van der Waals surface area contributed by atoms with Crippen LogP contribution in [0.2, 0.25) is 5.02 Å². The van der Waals surface area contributed by atoms with E-state index in [0.717, 1.165) is 0 Å². The fraction of sp³-hybridized carbons (Fsp3) is 0.273. The minimum Gasteiger partial charge on any atom is -0.469 e. The van der Waals surface area contributed by atoms with Crippen LogP contribution in [-0.2, 0) is 21.8 Å². The predicted molar refractivity (Wildman–Crippen MR) is 61.4 cm³/mol. The largest absolute Gasteiger partial charge is 0.469 e. The van der Waals surface area contributed by atoms with E-state index >= 15 is 0 Å². The molecule has 0 aliphatic heterocycles. The highest BCUT2D eigenvalue weighted by atomic mass is 35.5. The van der Waals surface area contributed by atoms with Gasteiger partial charge in [0.25, 0.3) is 0 Å². The number of carbonyl (C=O) groups is 1. The normalized spacial score (nSPS) is 9.62. The smallest absolute Gasteiger partial charge is 0.309 e. The molecule has 0 heterocycles. The first kappa shape index (κ1) is 12.8. The van der Waals surface area contributed by atoms with Crippen molar-refractivity contribution in [1.82, 2.24) is 0 Å². The summed E-state index contributed by atoms with van der Waals surface area (Å²) in [5, 5.41) is 9.17. The summed E-state index contributed by atoms with van der Waals surface area (Å²) >= 11 is 11.6. The van der Waals surface area contributed by atoms with Gasteiger partial charge in [-0.1, -0.05) is 17.7 Å². The average molecular weight is 258 g/mol. The van der Waals surface area contributed by atoms with E-state index in [4.69, 9.17) is 28.5 Å². The monoisotopic (exact) mass is 257 g/mol. The molecule has 0 bridgehead atoms. The van der Waals surface area contributed by atoms with Crippen LogP contribution >= 0.6 is 23.2 Å². The molecule has 0 aromatic heterocycles.